The van der Waals surface area contributed by atoms with Crippen molar-refractivity contribution in [3.05, 3.63) is 64.4 Å². The van der Waals surface area contributed by atoms with Gasteiger partial charge in [-0.25, -0.2) is 5.43 Å². The average molecular weight is 337 g/mol. The maximum Gasteiger partial charge on any atom is 0.279 e. The zero-order chi connectivity index (χ0) is 17.6. The van der Waals surface area contributed by atoms with Crippen LogP contribution in [0.25, 0.3) is 11.3 Å². The van der Waals surface area contributed by atoms with Gasteiger partial charge in [-0.15, -0.1) is 10.2 Å². The molecule has 0 aliphatic heterocycles. The largest absolute Gasteiger partial charge is 0.504 e. The Morgan fingerprint density at radius 3 is 2.72 bits per heavy atom. The topological polar surface area (TPSA) is 112 Å². The second-order valence-corrected chi connectivity index (χ2v) is 5.02. The van der Waals surface area contributed by atoms with E-state index in [1.165, 1.54) is 19.4 Å². The van der Waals surface area contributed by atoms with Gasteiger partial charge in [-0.2, -0.15) is 5.10 Å². The Hall–Kier alpha value is -3.68. The fourth-order valence-electron chi connectivity index (χ4n) is 2.11. The number of benzene rings is 2. The van der Waals surface area contributed by atoms with Gasteiger partial charge in [-0.1, -0.05) is 30.3 Å². The minimum Gasteiger partial charge on any atom is -0.504 e. The Bertz CT molecular complexity index is 954. The molecule has 3 rings (SSSR count). The first-order chi connectivity index (χ1) is 12.2. The third-order valence-corrected chi connectivity index (χ3v) is 3.33. The normalized spacial score (nSPS) is 10.8. The van der Waals surface area contributed by atoms with E-state index in [-0.39, 0.29) is 23.0 Å². The number of methoxy groups -OCH3 is 1. The molecule has 3 aromatic rings. The van der Waals surface area contributed by atoms with Crippen molar-refractivity contribution >= 4 is 12.2 Å². The Labute approximate surface area is 142 Å². The minimum atomic E-state index is -0.370. The van der Waals surface area contributed by atoms with Crippen molar-refractivity contribution in [2.75, 3.05) is 12.5 Å². The lowest BCUT2D eigenvalue weighted by molar-refractivity contribution is 0.373. The summed E-state index contributed by atoms with van der Waals surface area (Å²) in [6.45, 7) is 0. The molecule has 25 heavy (non-hydrogen) atoms. The molecule has 0 atom stereocenters. The molecule has 8 heteroatoms. The zero-order valence-electron chi connectivity index (χ0n) is 13.3. The molecule has 126 valence electrons. The molecule has 0 bridgehead atoms. The van der Waals surface area contributed by atoms with Gasteiger partial charge < -0.3 is 9.84 Å². The molecule has 0 amide bonds. The van der Waals surface area contributed by atoms with Gasteiger partial charge in [0.2, 0.25) is 5.95 Å². The number of aromatic hydroxyl groups is 1. The average Bonchev–Trinajstić information content (AvgIpc) is 2.64. The molecule has 0 saturated carbocycles. The predicted octanol–water partition coefficient (Wildman–Crippen LogP) is 1.99. The molecule has 8 nitrogen and oxygen atoms in total. The first-order valence-electron chi connectivity index (χ1n) is 7.36. The van der Waals surface area contributed by atoms with Crippen molar-refractivity contribution in [3.63, 3.8) is 0 Å². The van der Waals surface area contributed by atoms with Crippen molar-refractivity contribution in [1.29, 1.82) is 0 Å². The number of phenolic OH excluding ortho intramolecular Hbond substituents is 1. The summed E-state index contributed by atoms with van der Waals surface area (Å²) in [6, 6.07) is 13.8. The van der Waals surface area contributed by atoms with Crippen LogP contribution in [0.2, 0.25) is 0 Å². The zero-order valence-corrected chi connectivity index (χ0v) is 13.3. The van der Waals surface area contributed by atoms with Gasteiger partial charge in [0.1, 0.15) is 0 Å². The minimum absolute atomic E-state index is 0.0410. The highest BCUT2D eigenvalue weighted by molar-refractivity contribution is 5.81. The van der Waals surface area contributed by atoms with E-state index in [4.69, 9.17) is 4.74 Å². The van der Waals surface area contributed by atoms with Crippen molar-refractivity contribution in [1.82, 2.24) is 15.2 Å². The Kier molecular flexibility index (Phi) is 4.70. The van der Waals surface area contributed by atoms with Crippen LogP contribution < -0.4 is 15.7 Å². The summed E-state index contributed by atoms with van der Waals surface area (Å²) in [5, 5.41) is 21.4. The second kappa shape index (κ2) is 7.26. The summed E-state index contributed by atoms with van der Waals surface area (Å²) in [4.78, 5) is 14.7. The van der Waals surface area contributed by atoms with E-state index < -0.39 is 0 Å². The fraction of sp³-hybridized carbons (Fsp3) is 0.0588. The molecule has 0 unspecified atom stereocenters. The molecule has 0 aliphatic rings. The molecule has 1 aromatic heterocycles. The van der Waals surface area contributed by atoms with Gasteiger partial charge in [0.05, 0.1) is 13.3 Å². The maximum absolute atomic E-state index is 12.1. The number of phenols is 1. The van der Waals surface area contributed by atoms with Crippen LogP contribution >= 0.6 is 0 Å². The van der Waals surface area contributed by atoms with E-state index in [0.29, 0.717) is 16.9 Å². The monoisotopic (exact) mass is 337 g/mol. The Morgan fingerprint density at radius 2 is 2.00 bits per heavy atom. The number of aromatic nitrogens is 3. The van der Waals surface area contributed by atoms with Gasteiger partial charge in [-0.05, 0) is 23.8 Å². The summed E-state index contributed by atoms with van der Waals surface area (Å²) in [5.41, 5.74) is 3.84. The van der Waals surface area contributed by atoms with Crippen LogP contribution in [0.4, 0.5) is 5.95 Å². The van der Waals surface area contributed by atoms with Crippen LogP contribution in [0.1, 0.15) is 5.56 Å². The summed E-state index contributed by atoms with van der Waals surface area (Å²) in [6.07, 6.45) is 1.49. The van der Waals surface area contributed by atoms with E-state index in [1.807, 2.05) is 18.2 Å². The number of hydrogen-bond acceptors (Lipinski definition) is 7. The molecule has 2 aromatic carbocycles. The van der Waals surface area contributed by atoms with Gasteiger partial charge >= 0.3 is 0 Å². The molecule has 0 saturated heterocycles. The van der Waals surface area contributed by atoms with Crippen molar-refractivity contribution < 1.29 is 9.84 Å². The summed E-state index contributed by atoms with van der Waals surface area (Å²) >= 11 is 0. The third-order valence-electron chi connectivity index (χ3n) is 3.33. The first-order valence-corrected chi connectivity index (χ1v) is 7.36. The van der Waals surface area contributed by atoms with E-state index >= 15 is 0 Å². The van der Waals surface area contributed by atoms with Crippen LogP contribution in [0.3, 0.4) is 0 Å². The number of rotatable bonds is 5. The van der Waals surface area contributed by atoms with Gasteiger partial charge in [0, 0.05) is 5.56 Å². The number of H-pyrrole nitrogens is 1. The molecule has 0 radical (unpaired) electrons. The molecule has 0 fully saturated rings. The number of anilines is 1. The lowest BCUT2D eigenvalue weighted by Gasteiger charge is -2.03. The van der Waals surface area contributed by atoms with E-state index in [2.05, 4.69) is 25.7 Å². The number of aromatic amines is 1. The number of ether oxygens (including phenoxy) is 1. The molecule has 0 aliphatic carbocycles. The maximum atomic E-state index is 12.1. The van der Waals surface area contributed by atoms with Crippen molar-refractivity contribution in [2.45, 2.75) is 0 Å². The van der Waals surface area contributed by atoms with Crippen molar-refractivity contribution in [3.8, 4) is 22.8 Å². The number of nitrogens with zero attached hydrogens (tertiary/aromatic N) is 3. The van der Waals surface area contributed by atoms with E-state index in [1.54, 1.807) is 24.3 Å². The van der Waals surface area contributed by atoms with E-state index in [9.17, 15) is 9.90 Å². The molecular weight excluding hydrogens is 322 g/mol. The highest BCUT2D eigenvalue weighted by Crippen LogP contribution is 2.25. The third kappa shape index (κ3) is 3.81. The van der Waals surface area contributed by atoms with Crippen LogP contribution in [0, 0.1) is 0 Å². The quantitative estimate of drug-likeness (QED) is 0.485. The van der Waals surface area contributed by atoms with Gasteiger partial charge in [-0.3, -0.25) is 9.78 Å². The first kappa shape index (κ1) is 16.2. The van der Waals surface area contributed by atoms with Crippen LogP contribution in [-0.4, -0.2) is 33.6 Å². The smallest absolute Gasteiger partial charge is 0.279 e. The SMILES string of the molecule is COc1cc(C=NNc2nnc(-c3ccccc3)c(=O)[nH]2)ccc1O. The lowest BCUT2D eigenvalue weighted by atomic mass is 10.2. The molecule has 1 heterocycles. The van der Waals surface area contributed by atoms with Crippen LogP contribution in [-0.2, 0) is 0 Å². The van der Waals surface area contributed by atoms with Crippen LogP contribution in [0.5, 0.6) is 11.5 Å². The number of nitrogens with one attached hydrogen (secondary N) is 2. The lowest BCUT2D eigenvalue weighted by Crippen LogP contribution is -2.15. The fourth-order valence-corrected chi connectivity index (χ4v) is 2.11. The molecule has 0 spiro atoms. The van der Waals surface area contributed by atoms with Crippen molar-refractivity contribution in [2.24, 2.45) is 5.10 Å². The van der Waals surface area contributed by atoms with Crippen LogP contribution in [0.15, 0.2) is 58.4 Å². The summed E-state index contributed by atoms with van der Waals surface area (Å²) in [7, 11) is 1.46. The number of hydrogen-bond donors (Lipinski definition) is 3. The standard InChI is InChI=1S/C17H15N5O3/c1-25-14-9-11(7-8-13(14)23)10-18-21-17-19-16(24)15(20-22-17)12-5-3-2-4-6-12/h2-10,23H,1H3,(H2,19,21,22,24). The molecule has 3 N–H and O–H groups in total. The second-order valence-electron chi connectivity index (χ2n) is 5.02. The van der Waals surface area contributed by atoms with Gasteiger partial charge in [0.15, 0.2) is 17.2 Å². The Balaban J connectivity index is 1.74. The highest BCUT2D eigenvalue weighted by atomic mass is 16.5. The van der Waals surface area contributed by atoms with E-state index in [0.717, 1.165) is 0 Å². The van der Waals surface area contributed by atoms with Gasteiger partial charge in [0.25, 0.3) is 5.56 Å². The highest BCUT2D eigenvalue weighted by Gasteiger charge is 2.06. The summed E-state index contributed by atoms with van der Waals surface area (Å²) in [5.74, 6) is 0.496. The number of hydrazone groups is 1. The summed E-state index contributed by atoms with van der Waals surface area (Å²) < 4.78 is 5.02. The Morgan fingerprint density at radius 1 is 1.20 bits per heavy atom. The molecular formula is C17H15N5O3. The predicted molar refractivity (Wildman–Crippen MR) is 94.0 cm³/mol.